The molecule has 0 fully saturated rings. The fourth-order valence-electron chi connectivity index (χ4n) is 1.63. The van der Waals surface area contributed by atoms with Gasteiger partial charge in [0.25, 0.3) is 5.91 Å². The second kappa shape index (κ2) is 6.23. The molecular weight excluding hydrogens is 282 g/mol. The van der Waals surface area contributed by atoms with E-state index in [0.717, 1.165) is 16.4 Å². The highest BCUT2D eigenvalue weighted by Gasteiger charge is 2.17. The maximum atomic E-state index is 12.0. The fourth-order valence-corrected chi connectivity index (χ4v) is 3.16. The normalized spacial score (nSPS) is 12.4. The highest BCUT2D eigenvalue weighted by Crippen LogP contribution is 2.24. The van der Waals surface area contributed by atoms with Crippen LogP contribution in [0.25, 0.3) is 0 Å². The van der Waals surface area contributed by atoms with E-state index in [-0.39, 0.29) is 12.0 Å². The lowest BCUT2D eigenvalue weighted by atomic mass is 10.2. The van der Waals surface area contributed by atoms with Crippen molar-refractivity contribution in [2.75, 3.05) is 13.7 Å². The third-order valence-corrected chi connectivity index (χ3v) is 4.59. The van der Waals surface area contributed by atoms with E-state index in [2.05, 4.69) is 14.9 Å². The monoisotopic (exact) mass is 297 g/mol. The number of hydrogen-bond acceptors (Lipinski definition) is 6. The van der Waals surface area contributed by atoms with Gasteiger partial charge in [-0.1, -0.05) is 4.49 Å². The molecule has 0 spiro atoms. The largest absolute Gasteiger partial charge is 0.374 e. The van der Waals surface area contributed by atoms with Gasteiger partial charge in [-0.05, 0) is 37.5 Å². The van der Waals surface area contributed by atoms with Crippen molar-refractivity contribution in [3.8, 4) is 0 Å². The molecule has 0 radical (unpaired) electrons. The van der Waals surface area contributed by atoms with Crippen molar-refractivity contribution in [3.63, 3.8) is 0 Å². The lowest BCUT2D eigenvalue weighted by Gasteiger charge is -2.14. The van der Waals surface area contributed by atoms with Gasteiger partial charge in [0.05, 0.1) is 5.69 Å². The van der Waals surface area contributed by atoms with Crippen molar-refractivity contribution in [1.82, 2.24) is 14.9 Å². The summed E-state index contributed by atoms with van der Waals surface area (Å²) in [5, 5.41) is 6.68. The summed E-state index contributed by atoms with van der Waals surface area (Å²) in [6.45, 7) is 4.26. The Hall–Kier alpha value is -1.31. The summed E-state index contributed by atoms with van der Waals surface area (Å²) in [6.07, 6.45) is -0.121. The van der Waals surface area contributed by atoms with Gasteiger partial charge in [0.1, 0.15) is 11.0 Å². The van der Waals surface area contributed by atoms with E-state index in [1.807, 2.05) is 19.1 Å². The molecule has 0 unspecified atom stereocenters. The Morgan fingerprint density at radius 2 is 2.26 bits per heavy atom. The quantitative estimate of drug-likeness (QED) is 0.920. The molecule has 7 heteroatoms. The molecule has 0 saturated carbocycles. The summed E-state index contributed by atoms with van der Waals surface area (Å²) in [7, 11) is 1.64. The van der Waals surface area contributed by atoms with E-state index in [9.17, 15) is 4.79 Å². The zero-order valence-electron chi connectivity index (χ0n) is 11.0. The molecule has 1 atom stereocenters. The van der Waals surface area contributed by atoms with Gasteiger partial charge in [0.15, 0.2) is 0 Å². The summed E-state index contributed by atoms with van der Waals surface area (Å²) in [5.74, 6) is -0.150. The van der Waals surface area contributed by atoms with Crippen molar-refractivity contribution < 1.29 is 9.53 Å². The predicted octanol–water partition coefficient (Wildman–Crippen LogP) is 2.33. The van der Waals surface area contributed by atoms with Crippen LogP contribution in [0.4, 0.5) is 0 Å². The number of aromatic nitrogens is 2. The van der Waals surface area contributed by atoms with Gasteiger partial charge in [-0.15, -0.1) is 16.4 Å². The first-order valence-corrected chi connectivity index (χ1v) is 7.37. The predicted molar refractivity (Wildman–Crippen MR) is 75.8 cm³/mol. The van der Waals surface area contributed by atoms with Crippen LogP contribution in [0.2, 0.25) is 0 Å². The van der Waals surface area contributed by atoms with Gasteiger partial charge >= 0.3 is 0 Å². The second-order valence-electron chi connectivity index (χ2n) is 4.07. The Morgan fingerprint density at radius 1 is 1.47 bits per heavy atom. The van der Waals surface area contributed by atoms with Gasteiger partial charge in [0.2, 0.25) is 0 Å². The molecule has 2 aromatic rings. The molecule has 0 aliphatic rings. The van der Waals surface area contributed by atoms with Gasteiger partial charge in [-0.25, -0.2) is 0 Å². The topological polar surface area (TPSA) is 64.1 Å². The van der Waals surface area contributed by atoms with Crippen LogP contribution in [0.15, 0.2) is 12.1 Å². The number of methoxy groups -OCH3 is 1. The molecular formula is C12H15N3O2S2. The van der Waals surface area contributed by atoms with Crippen LogP contribution < -0.4 is 5.32 Å². The highest BCUT2D eigenvalue weighted by atomic mass is 32.1. The second-order valence-corrected chi connectivity index (χ2v) is 6.14. The lowest BCUT2D eigenvalue weighted by Crippen LogP contribution is -2.28. The van der Waals surface area contributed by atoms with Crippen molar-refractivity contribution in [2.24, 2.45) is 0 Å². The number of rotatable bonds is 5. The van der Waals surface area contributed by atoms with Crippen LogP contribution in [-0.4, -0.2) is 29.1 Å². The number of ether oxygens (including phenoxy) is 1. The first-order chi connectivity index (χ1) is 9.11. The number of carbonyl (C=O) groups is 1. The molecule has 0 aliphatic carbocycles. The minimum Gasteiger partial charge on any atom is -0.374 e. The van der Waals surface area contributed by atoms with E-state index < -0.39 is 0 Å². The number of aryl methyl sites for hydroxylation is 2. The Bertz CT molecular complexity index is 565. The zero-order valence-corrected chi connectivity index (χ0v) is 12.6. The zero-order chi connectivity index (χ0) is 13.8. The Labute approximate surface area is 119 Å². The number of thiophene rings is 1. The van der Waals surface area contributed by atoms with Crippen LogP contribution in [0.3, 0.4) is 0 Å². The number of amides is 1. The van der Waals surface area contributed by atoms with Crippen molar-refractivity contribution in [3.05, 3.63) is 32.5 Å². The van der Waals surface area contributed by atoms with Crippen molar-refractivity contribution in [2.45, 2.75) is 20.0 Å². The van der Waals surface area contributed by atoms with Crippen molar-refractivity contribution in [1.29, 1.82) is 0 Å². The molecule has 2 heterocycles. The van der Waals surface area contributed by atoms with Crippen LogP contribution in [0.5, 0.6) is 0 Å². The molecule has 0 saturated heterocycles. The molecule has 102 valence electrons. The van der Waals surface area contributed by atoms with Crippen LogP contribution >= 0.6 is 22.9 Å². The molecule has 0 bridgehead atoms. The smallest absolute Gasteiger partial charge is 0.265 e. The molecule has 2 aromatic heterocycles. The number of carbonyl (C=O) groups excluding carboxylic acids is 1. The number of nitrogens with zero attached hydrogens (tertiary/aromatic N) is 2. The summed E-state index contributed by atoms with van der Waals surface area (Å²) in [5.41, 5.74) is 0.656. The van der Waals surface area contributed by atoms with Crippen molar-refractivity contribution >= 4 is 28.8 Å². The first kappa shape index (κ1) is 14.1. The Kier molecular flexibility index (Phi) is 4.62. The third-order valence-electron chi connectivity index (χ3n) is 2.67. The Balaban J connectivity index is 1.97. The van der Waals surface area contributed by atoms with Crippen LogP contribution in [0.1, 0.15) is 31.2 Å². The van der Waals surface area contributed by atoms with Gasteiger partial charge in [0, 0.05) is 23.4 Å². The van der Waals surface area contributed by atoms with Gasteiger partial charge < -0.3 is 10.1 Å². The molecule has 1 N–H and O–H groups in total. The number of hydrogen-bond donors (Lipinski definition) is 1. The average Bonchev–Trinajstić information content (AvgIpc) is 2.99. The van der Waals surface area contributed by atoms with Gasteiger partial charge in [-0.3, -0.25) is 4.79 Å². The summed E-state index contributed by atoms with van der Waals surface area (Å²) in [4.78, 5) is 14.8. The third kappa shape index (κ3) is 3.37. The summed E-state index contributed by atoms with van der Waals surface area (Å²) in [6, 6.07) is 4.07. The molecule has 2 rings (SSSR count). The Morgan fingerprint density at radius 3 is 2.79 bits per heavy atom. The summed E-state index contributed by atoms with van der Waals surface area (Å²) >= 11 is 2.78. The number of nitrogens with one attached hydrogen (secondary N) is 1. The minimum absolute atomic E-state index is 0.121. The maximum absolute atomic E-state index is 12.0. The molecule has 1 amide bonds. The summed E-state index contributed by atoms with van der Waals surface area (Å²) < 4.78 is 9.17. The molecule has 0 aliphatic heterocycles. The van der Waals surface area contributed by atoms with E-state index in [0.29, 0.717) is 17.1 Å². The average molecular weight is 297 g/mol. The fraction of sp³-hybridized carbons (Fsp3) is 0.417. The standard InChI is InChI=1S/C12H15N3O2S2/c1-7-4-5-10(18-7)9(17-3)6-13-12(16)11-8(2)14-15-19-11/h4-5,9H,6H2,1-3H3,(H,13,16)/t9-/m0/s1. The first-order valence-electron chi connectivity index (χ1n) is 5.78. The molecule has 0 aromatic carbocycles. The minimum atomic E-state index is -0.150. The van der Waals surface area contributed by atoms with Crippen LogP contribution in [0, 0.1) is 13.8 Å². The maximum Gasteiger partial charge on any atom is 0.265 e. The van der Waals surface area contributed by atoms with E-state index in [1.54, 1.807) is 25.4 Å². The lowest BCUT2D eigenvalue weighted by molar-refractivity contribution is 0.0840. The van der Waals surface area contributed by atoms with E-state index in [4.69, 9.17) is 4.74 Å². The van der Waals surface area contributed by atoms with E-state index in [1.165, 1.54) is 4.88 Å². The molecule has 19 heavy (non-hydrogen) atoms. The van der Waals surface area contributed by atoms with Gasteiger partial charge in [-0.2, -0.15) is 0 Å². The van der Waals surface area contributed by atoms with E-state index >= 15 is 0 Å². The SMILES string of the molecule is CO[C@@H](CNC(=O)c1snnc1C)c1ccc(C)s1. The molecule has 5 nitrogen and oxygen atoms in total. The van der Waals surface area contributed by atoms with Crippen LogP contribution in [-0.2, 0) is 4.74 Å². The highest BCUT2D eigenvalue weighted by molar-refractivity contribution is 7.12.